The van der Waals surface area contributed by atoms with Crippen molar-refractivity contribution in [3.63, 3.8) is 0 Å². The Bertz CT molecular complexity index is 337. The van der Waals surface area contributed by atoms with Crippen molar-refractivity contribution < 1.29 is 24.1 Å². The Morgan fingerprint density at radius 3 is 2.62 bits per heavy atom. The van der Waals surface area contributed by atoms with Gasteiger partial charge in [0.05, 0.1) is 13.2 Å². The van der Waals surface area contributed by atoms with Gasteiger partial charge in [0.25, 0.3) is 0 Å². The maximum absolute atomic E-state index is 11.1. The number of aliphatic hydroxyl groups excluding tert-OH is 1. The van der Waals surface area contributed by atoms with Gasteiger partial charge in [-0.25, -0.2) is 4.79 Å². The molecule has 1 rings (SSSR count). The zero-order valence-corrected chi connectivity index (χ0v) is 9.01. The third-order valence-corrected chi connectivity index (χ3v) is 1.65. The van der Waals surface area contributed by atoms with Gasteiger partial charge < -0.3 is 19.3 Å². The van der Waals surface area contributed by atoms with Gasteiger partial charge >= 0.3 is 6.16 Å². The lowest BCUT2D eigenvalue weighted by Crippen LogP contribution is -2.11. The maximum Gasteiger partial charge on any atom is 0.513 e. The standard InChI is InChI=1S/C11H14O5/c1-2-14-11(13)16-10-6-4-3-5-9(10)15-8-7-12/h3-6,12H,2,7-8H2,1H3. The largest absolute Gasteiger partial charge is 0.513 e. The number of hydrogen-bond donors (Lipinski definition) is 1. The highest BCUT2D eigenvalue weighted by atomic mass is 16.7. The van der Waals surface area contributed by atoms with E-state index in [4.69, 9.17) is 14.6 Å². The molecule has 0 saturated carbocycles. The average Bonchev–Trinajstić information content (AvgIpc) is 2.28. The Labute approximate surface area is 93.6 Å². The van der Waals surface area contributed by atoms with E-state index in [2.05, 4.69) is 4.74 Å². The SMILES string of the molecule is CCOC(=O)Oc1ccccc1OCCO. The predicted molar refractivity (Wildman–Crippen MR) is 56.7 cm³/mol. The van der Waals surface area contributed by atoms with E-state index in [9.17, 15) is 4.79 Å². The van der Waals surface area contributed by atoms with Crippen molar-refractivity contribution in [2.45, 2.75) is 6.92 Å². The summed E-state index contributed by atoms with van der Waals surface area (Å²) in [6.07, 6.45) is -0.775. The fourth-order valence-electron chi connectivity index (χ4n) is 1.05. The summed E-state index contributed by atoms with van der Waals surface area (Å²) >= 11 is 0. The third kappa shape index (κ3) is 3.78. The van der Waals surface area contributed by atoms with Crippen LogP contribution in [0, 0.1) is 0 Å². The van der Waals surface area contributed by atoms with E-state index in [-0.39, 0.29) is 25.6 Å². The number of carbonyl (C=O) groups excluding carboxylic acids is 1. The smallest absolute Gasteiger partial charge is 0.487 e. The van der Waals surface area contributed by atoms with Crippen molar-refractivity contribution in [2.24, 2.45) is 0 Å². The monoisotopic (exact) mass is 226 g/mol. The van der Waals surface area contributed by atoms with Gasteiger partial charge in [-0.2, -0.15) is 0 Å². The highest BCUT2D eigenvalue weighted by Gasteiger charge is 2.09. The van der Waals surface area contributed by atoms with E-state index < -0.39 is 6.16 Å². The number of benzene rings is 1. The van der Waals surface area contributed by atoms with E-state index in [0.717, 1.165) is 0 Å². The van der Waals surface area contributed by atoms with Gasteiger partial charge in [0.15, 0.2) is 11.5 Å². The number of para-hydroxylation sites is 2. The van der Waals surface area contributed by atoms with Crippen molar-refractivity contribution >= 4 is 6.16 Å². The fraction of sp³-hybridized carbons (Fsp3) is 0.364. The Balaban J connectivity index is 2.66. The van der Waals surface area contributed by atoms with Crippen LogP contribution in [-0.2, 0) is 4.74 Å². The first-order valence-electron chi connectivity index (χ1n) is 4.95. The molecule has 0 aliphatic carbocycles. The molecule has 0 saturated heterocycles. The summed E-state index contributed by atoms with van der Waals surface area (Å²) in [5, 5.41) is 8.63. The van der Waals surface area contributed by atoms with Gasteiger partial charge in [0.2, 0.25) is 0 Å². The van der Waals surface area contributed by atoms with Crippen molar-refractivity contribution in [1.82, 2.24) is 0 Å². The minimum Gasteiger partial charge on any atom is -0.487 e. The van der Waals surface area contributed by atoms with Crippen LogP contribution in [0.3, 0.4) is 0 Å². The summed E-state index contributed by atoms with van der Waals surface area (Å²) in [5.41, 5.74) is 0. The first-order valence-corrected chi connectivity index (χ1v) is 4.95. The molecule has 0 heterocycles. The third-order valence-electron chi connectivity index (χ3n) is 1.65. The lowest BCUT2D eigenvalue weighted by molar-refractivity contribution is 0.102. The molecule has 0 unspecified atom stereocenters. The van der Waals surface area contributed by atoms with Gasteiger partial charge in [-0.1, -0.05) is 12.1 Å². The van der Waals surface area contributed by atoms with Crippen LogP contribution in [0.5, 0.6) is 11.5 Å². The van der Waals surface area contributed by atoms with Crippen LogP contribution in [0.2, 0.25) is 0 Å². The molecule has 0 bridgehead atoms. The molecular formula is C11H14O5. The molecule has 0 radical (unpaired) electrons. The van der Waals surface area contributed by atoms with E-state index in [1.54, 1.807) is 31.2 Å². The van der Waals surface area contributed by atoms with Gasteiger partial charge in [0.1, 0.15) is 6.61 Å². The van der Waals surface area contributed by atoms with E-state index in [1.807, 2.05) is 0 Å². The lowest BCUT2D eigenvalue weighted by Gasteiger charge is -2.09. The second-order valence-electron chi connectivity index (χ2n) is 2.80. The van der Waals surface area contributed by atoms with Crippen LogP contribution in [0.4, 0.5) is 4.79 Å². The zero-order chi connectivity index (χ0) is 11.8. The molecule has 0 amide bonds. The molecule has 16 heavy (non-hydrogen) atoms. The lowest BCUT2D eigenvalue weighted by atomic mass is 10.3. The number of hydrogen-bond acceptors (Lipinski definition) is 5. The van der Waals surface area contributed by atoms with Crippen molar-refractivity contribution in [3.05, 3.63) is 24.3 Å². The van der Waals surface area contributed by atoms with E-state index in [1.165, 1.54) is 0 Å². The summed E-state index contributed by atoms with van der Waals surface area (Å²) in [4.78, 5) is 11.1. The highest BCUT2D eigenvalue weighted by molar-refractivity contribution is 5.65. The Morgan fingerprint density at radius 2 is 2.00 bits per heavy atom. The summed E-state index contributed by atoms with van der Waals surface area (Å²) < 4.78 is 14.7. The number of aliphatic hydroxyl groups is 1. The van der Waals surface area contributed by atoms with Crippen LogP contribution in [0.25, 0.3) is 0 Å². The highest BCUT2D eigenvalue weighted by Crippen LogP contribution is 2.26. The van der Waals surface area contributed by atoms with E-state index in [0.29, 0.717) is 5.75 Å². The minimum absolute atomic E-state index is 0.103. The minimum atomic E-state index is -0.775. The normalized spacial score (nSPS) is 9.62. The molecule has 0 spiro atoms. The number of carbonyl (C=O) groups is 1. The molecule has 0 aromatic heterocycles. The van der Waals surface area contributed by atoms with Crippen LogP contribution < -0.4 is 9.47 Å². The van der Waals surface area contributed by atoms with Crippen LogP contribution in [0.1, 0.15) is 6.92 Å². The quantitative estimate of drug-likeness (QED) is 0.610. The van der Waals surface area contributed by atoms with Crippen LogP contribution in [0.15, 0.2) is 24.3 Å². The molecule has 0 fully saturated rings. The van der Waals surface area contributed by atoms with Crippen molar-refractivity contribution in [2.75, 3.05) is 19.8 Å². The van der Waals surface area contributed by atoms with Gasteiger partial charge in [-0.05, 0) is 19.1 Å². The zero-order valence-electron chi connectivity index (χ0n) is 9.01. The molecule has 1 aromatic carbocycles. The molecule has 5 nitrogen and oxygen atoms in total. The molecule has 0 aliphatic heterocycles. The van der Waals surface area contributed by atoms with Crippen molar-refractivity contribution in [3.8, 4) is 11.5 Å². The van der Waals surface area contributed by atoms with Crippen LogP contribution in [-0.4, -0.2) is 31.1 Å². The van der Waals surface area contributed by atoms with Gasteiger partial charge in [0, 0.05) is 0 Å². The van der Waals surface area contributed by atoms with Crippen LogP contribution >= 0.6 is 0 Å². The van der Waals surface area contributed by atoms with Gasteiger partial charge in [-0.15, -0.1) is 0 Å². The topological polar surface area (TPSA) is 65.0 Å². The van der Waals surface area contributed by atoms with Gasteiger partial charge in [-0.3, -0.25) is 0 Å². The van der Waals surface area contributed by atoms with Crippen molar-refractivity contribution in [1.29, 1.82) is 0 Å². The molecule has 0 aliphatic rings. The fourth-order valence-corrected chi connectivity index (χ4v) is 1.05. The number of rotatable bonds is 5. The number of ether oxygens (including phenoxy) is 3. The average molecular weight is 226 g/mol. The molecule has 1 aromatic rings. The maximum atomic E-state index is 11.1. The Hall–Kier alpha value is -1.75. The molecule has 0 atom stereocenters. The summed E-state index contributed by atoms with van der Waals surface area (Å²) in [6, 6.07) is 6.68. The Kier molecular flexibility index (Phi) is 5.15. The second-order valence-corrected chi connectivity index (χ2v) is 2.80. The van der Waals surface area contributed by atoms with E-state index >= 15 is 0 Å². The summed E-state index contributed by atoms with van der Waals surface area (Å²) in [6.45, 7) is 1.98. The summed E-state index contributed by atoms with van der Waals surface area (Å²) in [5.74, 6) is 0.666. The molecule has 1 N–H and O–H groups in total. The first kappa shape index (κ1) is 12.3. The first-order chi connectivity index (χ1) is 7.77. The predicted octanol–water partition coefficient (Wildman–Crippen LogP) is 1.59. The summed E-state index contributed by atoms with van der Waals surface area (Å²) in [7, 11) is 0. The Morgan fingerprint density at radius 1 is 1.31 bits per heavy atom. The molecule has 88 valence electrons. The second kappa shape index (κ2) is 6.68. The molecular weight excluding hydrogens is 212 g/mol. The molecule has 5 heteroatoms.